The summed E-state index contributed by atoms with van der Waals surface area (Å²) in [7, 11) is 0. The van der Waals surface area contributed by atoms with E-state index < -0.39 is 23.4 Å². The third kappa shape index (κ3) is 12.5. The summed E-state index contributed by atoms with van der Waals surface area (Å²) in [6.07, 6.45) is 5.40. The highest BCUT2D eigenvalue weighted by atomic mass is 19.3. The van der Waals surface area contributed by atoms with Crippen molar-refractivity contribution in [2.45, 2.75) is 130 Å². The van der Waals surface area contributed by atoms with Crippen molar-refractivity contribution >= 4 is 0 Å². The second kappa shape index (κ2) is 16.8. The first-order valence-corrected chi connectivity index (χ1v) is 15.8. The molecule has 0 amide bonds. The second-order valence-corrected chi connectivity index (χ2v) is 12.8. The fourth-order valence-corrected chi connectivity index (χ4v) is 6.14. The van der Waals surface area contributed by atoms with Crippen LogP contribution in [0.2, 0.25) is 0 Å². The van der Waals surface area contributed by atoms with Gasteiger partial charge in [-0.1, -0.05) is 48.0 Å². The molecule has 3 atom stereocenters. The van der Waals surface area contributed by atoms with Gasteiger partial charge in [-0.2, -0.15) is 0 Å². The quantitative estimate of drug-likeness (QED) is 0.272. The van der Waals surface area contributed by atoms with Crippen molar-refractivity contribution in [3.8, 4) is 0 Å². The normalized spacial score (nSPS) is 29.9. The Labute approximate surface area is 237 Å². The van der Waals surface area contributed by atoms with Gasteiger partial charge in [-0.15, -0.1) is 0 Å². The van der Waals surface area contributed by atoms with Crippen LogP contribution in [-0.4, -0.2) is 90.6 Å². The van der Waals surface area contributed by atoms with E-state index in [2.05, 4.69) is 30.6 Å². The van der Waals surface area contributed by atoms with E-state index in [0.717, 1.165) is 58.3 Å². The molecule has 3 heterocycles. The Morgan fingerprint density at radius 3 is 1.97 bits per heavy atom. The average molecular weight is 570 g/mol. The van der Waals surface area contributed by atoms with Crippen LogP contribution < -0.4 is 0 Å². The molecule has 0 spiro atoms. The zero-order chi connectivity index (χ0) is 29.9. The summed E-state index contributed by atoms with van der Waals surface area (Å²) in [5.41, 5.74) is -0.942. The van der Waals surface area contributed by atoms with Crippen LogP contribution >= 0.6 is 0 Å². The van der Waals surface area contributed by atoms with Crippen LogP contribution in [0.3, 0.4) is 0 Å². The Balaban J connectivity index is 0.000000293. The van der Waals surface area contributed by atoms with Crippen molar-refractivity contribution in [2.24, 2.45) is 17.8 Å². The first-order chi connectivity index (χ1) is 18.1. The summed E-state index contributed by atoms with van der Waals surface area (Å²) in [4.78, 5) is 6.28. The van der Waals surface area contributed by atoms with Gasteiger partial charge in [0.25, 0.3) is 11.8 Å². The van der Waals surface area contributed by atoms with Gasteiger partial charge in [0, 0.05) is 51.0 Å². The van der Waals surface area contributed by atoms with Gasteiger partial charge in [0.2, 0.25) is 0 Å². The lowest BCUT2D eigenvalue weighted by atomic mass is 9.84. The van der Waals surface area contributed by atoms with E-state index in [1.165, 1.54) is 0 Å². The fraction of sp³-hybridized carbons (Fsp3) is 1.00. The third-order valence-electron chi connectivity index (χ3n) is 8.84. The van der Waals surface area contributed by atoms with Crippen molar-refractivity contribution in [3.05, 3.63) is 0 Å². The molecule has 3 aliphatic rings. The molecule has 3 fully saturated rings. The minimum atomic E-state index is -2.45. The topological polar surface area (TPSA) is 9.72 Å². The minimum Gasteiger partial charge on any atom is -0.303 e. The SMILES string of the molecule is CC(C)N1CCCC(F)(C(C)C)C1.CCC1CN(CC)CCC1(F)F.CCCC1CN(CCC)CC(F)(F)C1. The molecule has 8 heteroatoms. The molecule has 0 aromatic rings. The molecule has 0 saturated carbocycles. The number of hydrogen-bond donors (Lipinski definition) is 0. The van der Waals surface area contributed by atoms with Crippen LogP contribution in [0.15, 0.2) is 0 Å². The first kappa shape index (κ1) is 36.6. The molecule has 0 aliphatic carbocycles. The number of alkyl halides is 5. The molecule has 3 saturated heterocycles. The average Bonchev–Trinajstić information content (AvgIpc) is 2.84. The zero-order valence-corrected chi connectivity index (χ0v) is 26.4. The van der Waals surface area contributed by atoms with Crippen LogP contribution in [0.25, 0.3) is 0 Å². The molecular formula is C31H60F5N3. The highest BCUT2D eigenvalue weighted by Gasteiger charge is 2.42. The third-order valence-corrected chi connectivity index (χ3v) is 8.84. The van der Waals surface area contributed by atoms with Gasteiger partial charge in [-0.05, 0) is 77.4 Å². The van der Waals surface area contributed by atoms with Crippen LogP contribution in [0, 0.1) is 17.8 Å². The van der Waals surface area contributed by atoms with Crippen molar-refractivity contribution in [1.29, 1.82) is 0 Å². The predicted molar refractivity (Wildman–Crippen MR) is 155 cm³/mol. The largest absolute Gasteiger partial charge is 0.303 e. The number of likely N-dealkylation sites (tertiary alicyclic amines) is 3. The summed E-state index contributed by atoms with van der Waals surface area (Å²) in [6, 6.07) is 0.481. The standard InChI is InChI=1S/C11H21F2N.C11H22FN.C9H17F2N/c1-3-5-10-7-11(12,13)9-14(8-10)6-4-2;1-9(2)11(12)6-5-7-13(8-11)10(3)4;1-3-8-7-12(4-2)6-5-9(8,10)11/h10H,3-9H2,1-2H3;9-10H,5-8H2,1-4H3;8H,3-7H2,1-2H3. The highest BCUT2D eigenvalue weighted by Crippen LogP contribution is 2.35. The lowest BCUT2D eigenvalue weighted by Crippen LogP contribution is -2.50. The molecule has 3 aliphatic heterocycles. The molecule has 39 heavy (non-hydrogen) atoms. The zero-order valence-electron chi connectivity index (χ0n) is 26.4. The smallest absolute Gasteiger partial charge is 0.260 e. The summed E-state index contributed by atoms with van der Waals surface area (Å²) < 4.78 is 67.2. The van der Waals surface area contributed by atoms with E-state index in [1.54, 1.807) is 0 Å². The van der Waals surface area contributed by atoms with Gasteiger partial charge >= 0.3 is 0 Å². The molecule has 0 bridgehead atoms. The Kier molecular flexibility index (Phi) is 15.8. The van der Waals surface area contributed by atoms with E-state index in [0.29, 0.717) is 32.1 Å². The maximum absolute atomic E-state index is 14.3. The van der Waals surface area contributed by atoms with E-state index in [4.69, 9.17) is 0 Å². The number of rotatable bonds is 8. The van der Waals surface area contributed by atoms with Gasteiger partial charge in [-0.3, -0.25) is 9.80 Å². The van der Waals surface area contributed by atoms with Gasteiger partial charge in [0.15, 0.2) is 0 Å². The van der Waals surface area contributed by atoms with Crippen LogP contribution in [0.5, 0.6) is 0 Å². The van der Waals surface area contributed by atoms with E-state index in [9.17, 15) is 22.0 Å². The molecule has 0 aromatic carbocycles. The fourth-order valence-electron chi connectivity index (χ4n) is 6.14. The highest BCUT2D eigenvalue weighted by molar-refractivity contribution is 4.91. The van der Waals surface area contributed by atoms with Crippen molar-refractivity contribution < 1.29 is 22.0 Å². The van der Waals surface area contributed by atoms with Crippen LogP contribution in [0.1, 0.15) is 107 Å². The molecular weight excluding hydrogens is 509 g/mol. The lowest BCUT2D eigenvalue weighted by molar-refractivity contribution is -0.106. The second-order valence-electron chi connectivity index (χ2n) is 12.8. The van der Waals surface area contributed by atoms with Gasteiger partial charge in [0.05, 0.1) is 6.54 Å². The summed E-state index contributed by atoms with van der Waals surface area (Å²) >= 11 is 0. The molecule has 0 aromatic heterocycles. The summed E-state index contributed by atoms with van der Waals surface area (Å²) in [5.74, 6) is -4.94. The monoisotopic (exact) mass is 569 g/mol. The summed E-state index contributed by atoms with van der Waals surface area (Å²) in [6.45, 7) is 21.6. The Hall–Kier alpha value is -0.470. The molecule has 3 unspecified atom stereocenters. The molecule has 0 N–H and O–H groups in total. The number of halogens is 5. The van der Waals surface area contributed by atoms with Crippen LogP contribution in [0.4, 0.5) is 22.0 Å². The van der Waals surface area contributed by atoms with E-state index in [1.807, 2.05) is 39.5 Å². The number of nitrogens with zero attached hydrogens (tertiary/aromatic N) is 3. The lowest BCUT2D eigenvalue weighted by Gasteiger charge is -2.41. The number of hydrogen-bond acceptors (Lipinski definition) is 3. The van der Waals surface area contributed by atoms with Crippen molar-refractivity contribution in [1.82, 2.24) is 14.7 Å². The van der Waals surface area contributed by atoms with Crippen LogP contribution in [-0.2, 0) is 0 Å². The van der Waals surface area contributed by atoms with Crippen molar-refractivity contribution in [3.63, 3.8) is 0 Å². The minimum absolute atomic E-state index is 0.0267. The van der Waals surface area contributed by atoms with Crippen molar-refractivity contribution in [2.75, 3.05) is 52.4 Å². The maximum atomic E-state index is 14.3. The predicted octanol–water partition coefficient (Wildman–Crippen LogP) is 8.38. The van der Waals surface area contributed by atoms with Gasteiger partial charge < -0.3 is 4.90 Å². The molecule has 3 rings (SSSR count). The van der Waals surface area contributed by atoms with E-state index >= 15 is 0 Å². The van der Waals surface area contributed by atoms with Gasteiger partial charge in [0.1, 0.15) is 5.67 Å². The Morgan fingerprint density at radius 1 is 0.795 bits per heavy atom. The molecule has 3 nitrogen and oxygen atoms in total. The molecule has 234 valence electrons. The number of piperidine rings is 3. The first-order valence-electron chi connectivity index (χ1n) is 15.8. The molecule has 0 radical (unpaired) electrons. The Morgan fingerprint density at radius 2 is 1.46 bits per heavy atom. The maximum Gasteiger partial charge on any atom is 0.260 e. The van der Waals surface area contributed by atoms with E-state index in [-0.39, 0.29) is 31.2 Å². The summed E-state index contributed by atoms with van der Waals surface area (Å²) in [5, 5.41) is 0. The van der Waals surface area contributed by atoms with Gasteiger partial charge in [-0.25, -0.2) is 22.0 Å². The Bertz CT molecular complexity index is 644.